The Morgan fingerprint density at radius 1 is 0.595 bits per heavy atom. The van der Waals surface area contributed by atoms with Gasteiger partial charge in [-0.05, 0) is 163 Å². The Balaban J connectivity index is 1.06. The van der Waals surface area contributed by atoms with Crippen molar-refractivity contribution in [3.63, 3.8) is 0 Å². The van der Waals surface area contributed by atoms with Crippen molar-refractivity contribution in [1.82, 2.24) is 21.5 Å². The summed E-state index contributed by atoms with van der Waals surface area (Å²) in [5, 5.41) is 6.21. The van der Waals surface area contributed by atoms with E-state index in [4.69, 9.17) is 0 Å². The third-order valence-electron chi connectivity index (χ3n) is 7.36. The van der Waals surface area contributed by atoms with E-state index >= 15 is 0 Å². The number of carbonyl (C=O) groups excluding carboxylic acids is 2. The van der Waals surface area contributed by atoms with E-state index in [1.54, 1.807) is 0 Å². The van der Waals surface area contributed by atoms with Crippen LogP contribution in [0.5, 0.6) is 0 Å². The van der Waals surface area contributed by atoms with Gasteiger partial charge in [0.15, 0.2) is 0 Å². The molecule has 2 aromatic rings. The Bertz CT molecular complexity index is 923. The normalized spacial score (nSPS) is 23.4. The van der Waals surface area contributed by atoms with Crippen molar-refractivity contribution < 1.29 is 9.59 Å². The van der Waals surface area contributed by atoms with Crippen LogP contribution >= 0.6 is 45.2 Å². The van der Waals surface area contributed by atoms with Gasteiger partial charge < -0.3 is 10.6 Å². The van der Waals surface area contributed by atoms with Gasteiger partial charge in [0, 0.05) is 19.2 Å². The van der Waals surface area contributed by atoms with Crippen molar-refractivity contribution >= 4 is 68.6 Å². The van der Waals surface area contributed by atoms with Crippen LogP contribution in [0.2, 0.25) is 0 Å². The molecule has 10 heteroatoms. The van der Waals surface area contributed by atoms with Crippen LogP contribution in [0.1, 0.15) is 57.8 Å². The molecule has 0 atom stereocenters. The first-order chi connectivity index (χ1) is 17.9. The van der Waals surface area contributed by atoms with E-state index in [9.17, 15) is 9.59 Å². The first kappa shape index (κ1) is 28.1. The standard InChI is InChI=1S/C27H36I2N6O2/c28-20-5-13-24(14-6-20)32-34-26(36)30-22-9-1-18(2-10-22)17-19-3-11-23(12-4-19)31-27(37)35-33-25-15-7-21(29)8-16-25/h5-8,13-16,18-19,22-23,32-33H,1-4,9-12,17H2,(H2,30,34,36)(H2,31,35,37). The number of amides is 4. The number of halogens is 2. The van der Waals surface area contributed by atoms with Gasteiger partial charge >= 0.3 is 12.1 Å². The van der Waals surface area contributed by atoms with Gasteiger partial charge in [-0.15, -0.1) is 0 Å². The molecule has 4 amide bonds. The summed E-state index contributed by atoms with van der Waals surface area (Å²) in [6.45, 7) is 0. The van der Waals surface area contributed by atoms with E-state index in [-0.39, 0.29) is 24.1 Å². The molecule has 200 valence electrons. The molecular weight excluding hydrogens is 694 g/mol. The highest BCUT2D eigenvalue weighted by Gasteiger charge is 2.28. The number of hydrogen-bond acceptors (Lipinski definition) is 4. The maximum absolute atomic E-state index is 12.3. The predicted molar refractivity (Wildman–Crippen MR) is 165 cm³/mol. The number of hydrogen-bond donors (Lipinski definition) is 6. The van der Waals surface area contributed by atoms with E-state index in [1.807, 2.05) is 48.5 Å². The molecule has 0 heterocycles. The van der Waals surface area contributed by atoms with Crippen LogP contribution in [0.3, 0.4) is 0 Å². The van der Waals surface area contributed by atoms with E-state index in [1.165, 1.54) is 32.1 Å². The third kappa shape index (κ3) is 9.69. The molecule has 0 radical (unpaired) electrons. The lowest BCUT2D eigenvalue weighted by atomic mass is 9.76. The van der Waals surface area contributed by atoms with Crippen LogP contribution in [-0.4, -0.2) is 24.1 Å². The lowest BCUT2D eigenvalue weighted by Gasteiger charge is -2.34. The highest BCUT2D eigenvalue weighted by atomic mass is 127. The van der Waals surface area contributed by atoms with Crippen molar-refractivity contribution in [3.8, 4) is 0 Å². The Hall–Kier alpha value is -1.96. The second kappa shape index (κ2) is 14.3. The molecule has 6 N–H and O–H groups in total. The average molecular weight is 730 g/mol. The second-order valence-electron chi connectivity index (χ2n) is 10.1. The molecule has 2 aromatic carbocycles. The van der Waals surface area contributed by atoms with Crippen molar-refractivity contribution in [2.75, 3.05) is 10.9 Å². The summed E-state index contributed by atoms with van der Waals surface area (Å²) in [6, 6.07) is 15.9. The van der Waals surface area contributed by atoms with Crippen LogP contribution in [0.4, 0.5) is 21.0 Å². The molecule has 2 aliphatic carbocycles. The average Bonchev–Trinajstić information content (AvgIpc) is 2.90. The van der Waals surface area contributed by atoms with Crippen molar-refractivity contribution in [2.24, 2.45) is 11.8 Å². The van der Waals surface area contributed by atoms with Gasteiger partial charge in [-0.3, -0.25) is 21.7 Å². The molecule has 37 heavy (non-hydrogen) atoms. The smallest absolute Gasteiger partial charge is 0.333 e. The highest BCUT2D eigenvalue weighted by Crippen LogP contribution is 2.35. The summed E-state index contributed by atoms with van der Waals surface area (Å²) in [5.74, 6) is 1.48. The summed E-state index contributed by atoms with van der Waals surface area (Å²) in [6.07, 6.45) is 10.1. The lowest BCUT2D eigenvalue weighted by molar-refractivity contribution is 0.199. The lowest BCUT2D eigenvalue weighted by Crippen LogP contribution is -2.46. The van der Waals surface area contributed by atoms with Crippen LogP contribution in [0.15, 0.2) is 48.5 Å². The summed E-state index contributed by atoms with van der Waals surface area (Å²) >= 11 is 4.51. The highest BCUT2D eigenvalue weighted by molar-refractivity contribution is 14.1. The van der Waals surface area contributed by atoms with Gasteiger partial charge in [0.1, 0.15) is 0 Å². The second-order valence-corrected chi connectivity index (χ2v) is 12.6. The van der Waals surface area contributed by atoms with E-state index in [2.05, 4.69) is 77.5 Å². The number of urea groups is 2. The zero-order valence-electron chi connectivity index (χ0n) is 20.9. The van der Waals surface area contributed by atoms with Gasteiger partial charge in [-0.25, -0.2) is 9.59 Å². The number of hydrazine groups is 2. The van der Waals surface area contributed by atoms with Crippen molar-refractivity contribution in [2.45, 2.75) is 69.9 Å². The summed E-state index contributed by atoms with van der Waals surface area (Å²) in [5.41, 5.74) is 13.1. The van der Waals surface area contributed by atoms with E-state index in [0.717, 1.165) is 56.0 Å². The molecule has 0 unspecified atom stereocenters. The molecule has 4 rings (SSSR count). The zero-order chi connectivity index (χ0) is 26.0. The largest absolute Gasteiger partial charge is 0.334 e. The SMILES string of the molecule is O=C(NNc1ccc(I)cc1)NC1CCC(CC2CCC(NC(=O)NNc3ccc(I)cc3)CC2)CC1. The van der Waals surface area contributed by atoms with Crippen LogP contribution in [0.25, 0.3) is 0 Å². The number of benzene rings is 2. The molecule has 0 saturated heterocycles. The minimum atomic E-state index is -0.175. The minimum Gasteiger partial charge on any atom is -0.334 e. The molecule has 8 nitrogen and oxygen atoms in total. The Labute approximate surface area is 246 Å². The molecule has 2 saturated carbocycles. The molecule has 0 spiro atoms. The molecular formula is C27H36I2N6O2. The minimum absolute atomic E-state index is 0.175. The Kier molecular flexibility index (Phi) is 10.8. The van der Waals surface area contributed by atoms with Gasteiger partial charge in [0.05, 0.1) is 11.4 Å². The van der Waals surface area contributed by atoms with Gasteiger partial charge in [-0.1, -0.05) is 0 Å². The maximum atomic E-state index is 12.3. The van der Waals surface area contributed by atoms with Crippen LogP contribution in [-0.2, 0) is 0 Å². The monoisotopic (exact) mass is 730 g/mol. The molecule has 0 aliphatic heterocycles. The zero-order valence-corrected chi connectivity index (χ0v) is 25.2. The number of nitrogens with one attached hydrogen (secondary N) is 6. The maximum Gasteiger partial charge on any atom is 0.333 e. The third-order valence-corrected chi connectivity index (χ3v) is 8.80. The fraction of sp³-hybridized carbons (Fsp3) is 0.481. The van der Waals surface area contributed by atoms with Crippen LogP contribution < -0.4 is 32.3 Å². The number of carbonyl (C=O) groups is 2. The van der Waals surface area contributed by atoms with Gasteiger partial charge in [0.2, 0.25) is 0 Å². The van der Waals surface area contributed by atoms with Gasteiger partial charge in [-0.2, -0.15) is 0 Å². The first-order valence-corrected chi connectivity index (χ1v) is 15.2. The molecule has 0 aromatic heterocycles. The summed E-state index contributed by atoms with van der Waals surface area (Å²) in [7, 11) is 0. The van der Waals surface area contributed by atoms with Crippen molar-refractivity contribution in [3.05, 3.63) is 55.7 Å². The van der Waals surface area contributed by atoms with E-state index in [0.29, 0.717) is 0 Å². The summed E-state index contributed by atoms with van der Waals surface area (Å²) in [4.78, 5) is 24.5. The van der Waals surface area contributed by atoms with Crippen LogP contribution in [0, 0.1) is 19.0 Å². The fourth-order valence-electron chi connectivity index (χ4n) is 5.32. The molecule has 2 fully saturated rings. The number of rotatable bonds is 8. The Morgan fingerprint density at radius 2 is 0.946 bits per heavy atom. The Morgan fingerprint density at radius 3 is 1.30 bits per heavy atom. The fourth-order valence-corrected chi connectivity index (χ4v) is 6.04. The number of anilines is 2. The first-order valence-electron chi connectivity index (χ1n) is 13.1. The van der Waals surface area contributed by atoms with E-state index < -0.39 is 0 Å². The summed E-state index contributed by atoms with van der Waals surface area (Å²) < 4.78 is 2.31. The topological polar surface area (TPSA) is 106 Å². The van der Waals surface area contributed by atoms with Crippen molar-refractivity contribution in [1.29, 1.82) is 0 Å². The van der Waals surface area contributed by atoms with Gasteiger partial charge in [0.25, 0.3) is 0 Å². The quantitative estimate of drug-likeness (QED) is 0.141. The predicted octanol–water partition coefficient (Wildman–Crippen LogP) is 6.36. The molecule has 2 aliphatic rings. The molecule has 0 bridgehead atoms.